The first-order valence-electron chi connectivity index (χ1n) is 7.90. The second-order valence-electron chi connectivity index (χ2n) is 5.62. The molecule has 0 aliphatic rings. The van der Waals surface area contributed by atoms with Crippen LogP contribution >= 0.6 is 0 Å². The number of benzene rings is 2. The van der Waals surface area contributed by atoms with Crippen LogP contribution < -0.4 is 14.8 Å². The molecule has 0 fully saturated rings. The van der Waals surface area contributed by atoms with Crippen LogP contribution in [0.3, 0.4) is 0 Å². The number of anilines is 1. The number of hydrogen-bond donors (Lipinski definition) is 1. The Balaban J connectivity index is 2.28. The largest absolute Gasteiger partial charge is 0.496 e. The number of hydrogen-bond acceptors (Lipinski definition) is 4. The molecule has 0 unspecified atom stereocenters. The molecular weight excluding hydrogens is 312 g/mol. The van der Waals surface area contributed by atoms with E-state index in [9.17, 15) is 5.26 Å². The van der Waals surface area contributed by atoms with Crippen molar-refractivity contribution >= 4 is 11.3 Å². The van der Waals surface area contributed by atoms with Gasteiger partial charge in [0.15, 0.2) is 0 Å². The van der Waals surface area contributed by atoms with E-state index in [0.29, 0.717) is 23.5 Å². The van der Waals surface area contributed by atoms with Crippen LogP contribution in [0.5, 0.6) is 11.5 Å². The highest BCUT2D eigenvalue weighted by Crippen LogP contribution is 2.36. The Kier molecular flexibility index (Phi) is 6.25. The molecule has 128 valence electrons. The Labute approximate surface area is 149 Å². The molecule has 2 aromatic carbocycles. The summed E-state index contributed by atoms with van der Waals surface area (Å²) in [5, 5.41) is 12.6. The van der Waals surface area contributed by atoms with E-state index in [1.54, 1.807) is 20.4 Å². The van der Waals surface area contributed by atoms with Crippen LogP contribution in [0.25, 0.3) is 5.57 Å². The van der Waals surface area contributed by atoms with Crippen LogP contribution in [-0.2, 0) is 6.42 Å². The van der Waals surface area contributed by atoms with Crippen LogP contribution in [-0.4, -0.2) is 14.2 Å². The summed E-state index contributed by atoms with van der Waals surface area (Å²) >= 11 is 0. The summed E-state index contributed by atoms with van der Waals surface area (Å²) in [6.07, 6.45) is 2.19. The fourth-order valence-corrected chi connectivity index (χ4v) is 2.54. The molecule has 0 aliphatic carbocycles. The van der Waals surface area contributed by atoms with Gasteiger partial charge in [0.1, 0.15) is 11.5 Å². The van der Waals surface area contributed by atoms with E-state index in [1.165, 1.54) is 0 Å². The van der Waals surface area contributed by atoms with Gasteiger partial charge < -0.3 is 14.8 Å². The molecular formula is C21H22N2O2. The summed E-state index contributed by atoms with van der Waals surface area (Å²) in [6, 6.07) is 15.8. The van der Waals surface area contributed by atoms with Crippen molar-refractivity contribution < 1.29 is 9.47 Å². The van der Waals surface area contributed by atoms with Crippen LogP contribution in [0.4, 0.5) is 5.69 Å². The summed E-state index contributed by atoms with van der Waals surface area (Å²) in [6.45, 7) is 5.89. The molecule has 0 atom stereocenters. The Hall–Kier alpha value is -3.19. The van der Waals surface area contributed by atoms with Gasteiger partial charge in [0.2, 0.25) is 0 Å². The van der Waals surface area contributed by atoms with Crippen molar-refractivity contribution in [2.45, 2.75) is 13.3 Å². The molecule has 25 heavy (non-hydrogen) atoms. The third kappa shape index (κ3) is 4.65. The summed E-state index contributed by atoms with van der Waals surface area (Å²) in [4.78, 5) is 0. The van der Waals surface area contributed by atoms with Crippen molar-refractivity contribution in [3.8, 4) is 17.6 Å². The van der Waals surface area contributed by atoms with Gasteiger partial charge in [-0.3, -0.25) is 0 Å². The highest BCUT2D eigenvalue weighted by Gasteiger charge is 2.14. The van der Waals surface area contributed by atoms with Crippen molar-refractivity contribution in [1.29, 1.82) is 5.26 Å². The fourth-order valence-electron chi connectivity index (χ4n) is 2.54. The van der Waals surface area contributed by atoms with Gasteiger partial charge >= 0.3 is 0 Å². The lowest BCUT2D eigenvalue weighted by Crippen LogP contribution is -1.99. The quantitative estimate of drug-likeness (QED) is 0.739. The third-order valence-corrected chi connectivity index (χ3v) is 3.72. The van der Waals surface area contributed by atoms with Gasteiger partial charge in [-0.25, -0.2) is 0 Å². The summed E-state index contributed by atoms with van der Waals surface area (Å²) in [5.41, 5.74) is 4.18. The second-order valence-corrected chi connectivity index (χ2v) is 5.62. The van der Waals surface area contributed by atoms with Gasteiger partial charge in [-0.2, -0.15) is 5.26 Å². The van der Waals surface area contributed by atoms with E-state index < -0.39 is 0 Å². The minimum atomic E-state index is 0.472. The van der Waals surface area contributed by atoms with Crippen molar-refractivity contribution in [2.24, 2.45) is 0 Å². The van der Waals surface area contributed by atoms with E-state index in [2.05, 4.69) is 18.0 Å². The lowest BCUT2D eigenvalue weighted by molar-refractivity contribution is 0.391. The zero-order valence-corrected chi connectivity index (χ0v) is 14.8. The van der Waals surface area contributed by atoms with Crippen LogP contribution in [0, 0.1) is 11.3 Å². The molecule has 0 aromatic heterocycles. The second kappa shape index (κ2) is 8.60. The first-order valence-corrected chi connectivity index (χ1v) is 7.90. The number of nitrogens with one attached hydrogen (secondary N) is 1. The average Bonchev–Trinajstić information content (AvgIpc) is 2.64. The molecule has 2 rings (SSSR count). The number of nitrogens with zero attached hydrogens (tertiary/aromatic N) is 1. The van der Waals surface area contributed by atoms with Crippen molar-refractivity contribution in [3.05, 3.63) is 71.9 Å². The predicted octanol–water partition coefficient (Wildman–Crippen LogP) is 4.80. The maximum absolute atomic E-state index is 9.43. The molecule has 4 heteroatoms. The normalized spacial score (nSPS) is 10.7. The highest BCUT2D eigenvalue weighted by molar-refractivity contribution is 5.73. The monoisotopic (exact) mass is 334 g/mol. The first kappa shape index (κ1) is 18.2. The molecule has 0 radical (unpaired) electrons. The maximum atomic E-state index is 9.43. The fraction of sp³-hybridized carbons (Fsp3) is 0.190. The SMILES string of the molecule is C=C(C)c1c(OC)cc(CC(C#N)=CNc2ccccc2)cc1OC. The van der Waals surface area contributed by atoms with Crippen molar-refractivity contribution in [2.75, 3.05) is 19.5 Å². The zero-order chi connectivity index (χ0) is 18.2. The Morgan fingerprint density at radius 1 is 1.16 bits per heavy atom. The molecule has 0 heterocycles. The summed E-state index contributed by atoms with van der Waals surface area (Å²) in [5.74, 6) is 1.38. The van der Waals surface area contributed by atoms with Crippen LogP contribution in [0.1, 0.15) is 18.1 Å². The highest BCUT2D eigenvalue weighted by atomic mass is 16.5. The van der Waals surface area contributed by atoms with Gasteiger partial charge in [0.25, 0.3) is 0 Å². The molecule has 4 nitrogen and oxygen atoms in total. The molecule has 0 saturated carbocycles. The number of methoxy groups -OCH3 is 2. The Bertz CT molecular complexity index is 793. The molecule has 0 saturated heterocycles. The molecule has 0 spiro atoms. The lowest BCUT2D eigenvalue weighted by atomic mass is 9.99. The zero-order valence-electron chi connectivity index (χ0n) is 14.8. The maximum Gasteiger partial charge on any atom is 0.130 e. The molecule has 0 aliphatic heterocycles. The number of rotatable bonds is 7. The predicted molar refractivity (Wildman–Crippen MR) is 102 cm³/mol. The van der Waals surface area contributed by atoms with Crippen molar-refractivity contribution in [1.82, 2.24) is 0 Å². The van der Waals surface area contributed by atoms with E-state index in [4.69, 9.17) is 9.47 Å². The molecule has 0 bridgehead atoms. The molecule has 2 aromatic rings. The van der Waals surface area contributed by atoms with Gasteiger partial charge in [0.05, 0.1) is 25.9 Å². The van der Waals surface area contributed by atoms with Gasteiger partial charge in [-0.1, -0.05) is 24.8 Å². The van der Waals surface area contributed by atoms with Gasteiger partial charge in [0, 0.05) is 23.9 Å². The number of nitriles is 1. The average molecular weight is 334 g/mol. The smallest absolute Gasteiger partial charge is 0.130 e. The van der Waals surface area contributed by atoms with E-state index in [0.717, 1.165) is 22.4 Å². The Morgan fingerprint density at radius 3 is 2.24 bits per heavy atom. The van der Waals surface area contributed by atoms with Crippen LogP contribution in [0.15, 0.2) is 60.8 Å². The van der Waals surface area contributed by atoms with Crippen molar-refractivity contribution in [3.63, 3.8) is 0 Å². The minimum Gasteiger partial charge on any atom is -0.496 e. The van der Waals surface area contributed by atoms with E-state index >= 15 is 0 Å². The molecule has 0 amide bonds. The topological polar surface area (TPSA) is 54.3 Å². The Morgan fingerprint density at radius 2 is 1.76 bits per heavy atom. The number of ether oxygens (including phenoxy) is 2. The van der Waals surface area contributed by atoms with Gasteiger partial charge in [-0.05, 0) is 42.3 Å². The molecule has 1 N–H and O–H groups in total. The lowest BCUT2D eigenvalue weighted by Gasteiger charge is -2.15. The van der Waals surface area contributed by atoms with E-state index in [-0.39, 0.29) is 0 Å². The number of allylic oxidation sites excluding steroid dienone is 2. The standard InChI is InChI=1S/C21H22N2O2/c1-15(2)21-19(24-3)11-16(12-20(21)25-4)10-17(13-22)14-23-18-8-6-5-7-9-18/h5-9,11-12,14,23H,1,10H2,2-4H3. The van der Waals surface area contributed by atoms with E-state index in [1.807, 2.05) is 49.4 Å². The first-order chi connectivity index (χ1) is 12.1. The third-order valence-electron chi connectivity index (χ3n) is 3.72. The van der Waals surface area contributed by atoms with Gasteiger partial charge in [-0.15, -0.1) is 0 Å². The van der Waals surface area contributed by atoms with Crippen LogP contribution in [0.2, 0.25) is 0 Å². The summed E-state index contributed by atoms with van der Waals surface area (Å²) < 4.78 is 11.0. The summed E-state index contributed by atoms with van der Waals surface area (Å²) in [7, 11) is 3.23. The minimum absolute atomic E-state index is 0.472. The number of para-hydroxylation sites is 1.